The second kappa shape index (κ2) is 6.01. The maximum atomic E-state index is 12.1. The molecule has 2 rings (SSSR count). The summed E-state index contributed by atoms with van der Waals surface area (Å²) in [5.74, 6) is 0. The smallest absolute Gasteiger partial charge is 0.240 e. The molecule has 0 radical (unpaired) electrons. The van der Waals surface area contributed by atoms with Crippen molar-refractivity contribution in [3.8, 4) is 0 Å². The van der Waals surface area contributed by atoms with Crippen LogP contribution in [-0.4, -0.2) is 28.1 Å². The van der Waals surface area contributed by atoms with Gasteiger partial charge in [-0.15, -0.1) is 0 Å². The second-order valence-corrected chi connectivity index (χ2v) is 7.04. The van der Waals surface area contributed by atoms with E-state index in [1.54, 1.807) is 25.1 Å². The summed E-state index contributed by atoms with van der Waals surface area (Å²) >= 11 is 0. The molecule has 0 spiro atoms. The molecule has 20 heavy (non-hydrogen) atoms. The summed E-state index contributed by atoms with van der Waals surface area (Å²) in [6, 6.07) is 5.35. The highest BCUT2D eigenvalue weighted by atomic mass is 32.2. The number of rotatable bonds is 5. The summed E-state index contributed by atoms with van der Waals surface area (Å²) < 4.78 is 26.6. The molecule has 0 aliphatic heterocycles. The van der Waals surface area contributed by atoms with Gasteiger partial charge < -0.3 is 10.6 Å². The lowest BCUT2D eigenvalue weighted by Gasteiger charge is -2.28. The fourth-order valence-corrected chi connectivity index (χ4v) is 3.82. The number of hydrogen-bond acceptors (Lipinski definition) is 4. The number of nitrogens with zero attached hydrogens (tertiary/aromatic N) is 1. The Balaban J connectivity index is 2.33. The first-order chi connectivity index (χ1) is 9.45. The van der Waals surface area contributed by atoms with Crippen molar-refractivity contribution in [2.24, 2.45) is 0 Å². The molecule has 3 N–H and O–H groups in total. The van der Waals surface area contributed by atoms with Crippen molar-refractivity contribution < 1.29 is 8.42 Å². The van der Waals surface area contributed by atoms with Crippen LogP contribution in [0, 0.1) is 0 Å². The van der Waals surface area contributed by atoms with Crippen molar-refractivity contribution in [2.45, 2.75) is 43.5 Å². The molecule has 5 nitrogen and oxygen atoms in total. The Bertz CT molecular complexity index is 566. The van der Waals surface area contributed by atoms with E-state index < -0.39 is 10.0 Å². The van der Waals surface area contributed by atoms with Gasteiger partial charge in [-0.05, 0) is 31.0 Å². The van der Waals surface area contributed by atoms with E-state index in [1.165, 1.54) is 12.8 Å². The number of benzene rings is 1. The Morgan fingerprint density at radius 3 is 2.60 bits per heavy atom. The lowest BCUT2D eigenvalue weighted by atomic mass is 10.1. The predicted octanol–water partition coefficient (Wildman–Crippen LogP) is 1.95. The molecule has 0 saturated heterocycles. The molecule has 0 amide bonds. The fraction of sp³-hybridized carbons (Fsp3) is 0.571. The fourth-order valence-electron chi connectivity index (χ4n) is 2.76. The molecule has 0 unspecified atom stereocenters. The van der Waals surface area contributed by atoms with E-state index in [9.17, 15) is 8.42 Å². The van der Waals surface area contributed by atoms with Gasteiger partial charge in [-0.25, -0.2) is 13.1 Å². The molecule has 112 valence electrons. The minimum Gasteiger partial charge on any atom is -0.397 e. The molecule has 6 heteroatoms. The average Bonchev–Trinajstić information content (AvgIpc) is 2.92. The van der Waals surface area contributed by atoms with E-state index >= 15 is 0 Å². The van der Waals surface area contributed by atoms with E-state index in [-0.39, 0.29) is 4.90 Å². The van der Waals surface area contributed by atoms with Gasteiger partial charge in [-0.2, -0.15) is 0 Å². The Morgan fingerprint density at radius 1 is 1.35 bits per heavy atom. The van der Waals surface area contributed by atoms with Crippen molar-refractivity contribution >= 4 is 21.4 Å². The van der Waals surface area contributed by atoms with Crippen molar-refractivity contribution in [1.82, 2.24) is 4.72 Å². The topological polar surface area (TPSA) is 75.4 Å². The predicted molar refractivity (Wildman–Crippen MR) is 82.4 cm³/mol. The Hall–Kier alpha value is -1.27. The van der Waals surface area contributed by atoms with E-state index in [0.29, 0.717) is 18.3 Å². The molecule has 0 aromatic heterocycles. The van der Waals surface area contributed by atoms with Crippen LogP contribution in [0.3, 0.4) is 0 Å². The summed E-state index contributed by atoms with van der Waals surface area (Å²) in [7, 11) is -1.45. The van der Waals surface area contributed by atoms with Gasteiger partial charge >= 0.3 is 0 Å². The van der Waals surface area contributed by atoms with Crippen LogP contribution in [-0.2, 0) is 10.0 Å². The lowest BCUT2D eigenvalue weighted by molar-refractivity contribution is 0.583. The lowest BCUT2D eigenvalue weighted by Crippen LogP contribution is -2.30. The molecule has 0 heterocycles. The highest BCUT2D eigenvalue weighted by Crippen LogP contribution is 2.32. The van der Waals surface area contributed by atoms with E-state index in [1.807, 2.05) is 7.05 Å². The molecule has 1 aromatic carbocycles. The SMILES string of the molecule is CCNS(=O)(=O)c1ccc(N)c(N(C)C2CCCC2)c1. The third kappa shape index (κ3) is 3.07. The zero-order valence-electron chi connectivity index (χ0n) is 12.1. The standard InChI is InChI=1S/C14H23N3O2S/c1-3-16-20(18,19)12-8-9-13(15)14(10-12)17(2)11-6-4-5-7-11/h8-11,16H,3-7,15H2,1-2H3. The molecule has 1 saturated carbocycles. The molecule has 1 aromatic rings. The first-order valence-electron chi connectivity index (χ1n) is 7.07. The summed E-state index contributed by atoms with van der Waals surface area (Å²) in [6.45, 7) is 2.14. The van der Waals surface area contributed by atoms with Crippen LogP contribution >= 0.6 is 0 Å². The molecule has 1 aliphatic rings. The van der Waals surface area contributed by atoms with Gasteiger partial charge in [-0.1, -0.05) is 19.8 Å². The van der Waals surface area contributed by atoms with Crippen molar-refractivity contribution in [2.75, 3.05) is 24.2 Å². The number of anilines is 2. The summed E-state index contributed by atoms with van der Waals surface area (Å²) in [4.78, 5) is 2.39. The molecule has 1 aliphatic carbocycles. The number of nitrogens with one attached hydrogen (secondary N) is 1. The number of nitrogens with two attached hydrogens (primary N) is 1. The maximum absolute atomic E-state index is 12.1. The number of hydrogen-bond donors (Lipinski definition) is 2. The first-order valence-corrected chi connectivity index (χ1v) is 8.56. The monoisotopic (exact) mass is 297 g/mol. The van der Waals surface area contributed by atoms with Gasteiger partial charge in [0.2, 0.25) is 10.0 Å². The first kappa shape index (κ1) is 15.1. The van der Waals surface area contributed by atoms with E-state index in [0.717, 1.165) is 18.5 Å². The summed E-state index contributed by atoms with van der Waals surface area (Å²) in [5, 5.41) is 0. The number of sulfonamides is 1. The zero-order valence-corrected chi connectivity index (χ0v) is 12.9. The Labute approximate surface area is 121 Å². The average molecular weight is 297 g/mol. The van der Waals surface area contributed by atoms with E-state index in [4.69, 9.17) is 5.73 Å². The molecule has 1 fully saturated rings. The van der Waals surface area contributed by atoms with Gasteiger partial charge in [0.1, 0.15) is 0 Å². The molecule has 0 bridgehead atoms. The quantitative estimate of drug-likeness (QED) is 0.815. The third-order valence-corrected chi connectivity index (χ3v) is 5.44. The van der Waals surface area contributed by atoms with E-state index in [2.05, 4.69) is 9.62 Å². The van der Waals surface area contributed by atoms with Crippen molar-refractivity contribution in [3.05, 3.63) is 18.2 Å². The van der Waals surface area contributed by atoms with Gasteiger partial charge in [0.15, 0.2) is 0 Å². The van der Waals surface area contributed by atoms with Crippen LogP contribution in [0.1, 0.15) is 32.6 Å². The third-order valence-electron chi connectivity index (χ3n) is 3.90. The second-order valence-electron chi connectivity index (χ2n) is 5.27. The maximum Gasteiger partial charge on any atom is 0.240 e. The van der Waals surface area contributed by atoms with Gasteiger partial charge in [0, 0.05) is 19.6 Å². The highest BCUT2D eigenvalue weighted by Gasteiger charge is 2.23. The molecule has 0 atom stereocenters. The largest absolute Gasteiger partial charge is 0.397 e. The summed E-state index contributed by atoms with van der Waals surface area (Å²) in [6.07, 6.45) is 4.73. The van der Waals surface area contributed by atoms with Crippen LogP contribution in [0.4, 0.5) is 11.4 Å². The van der Waals surface area contributed by atoms with Crippen LogP contribution < -0.4 is 15.4 Å². The van der Waals surface area contributed by atoms with Crippen molar-refractivity contribution in [1.29, 1.82) is 0 Å². The normalized spacial score (nSPS) is 16.5. The minimum atomic E-state index is -3.44. The van der Waals surface area contributed by atoms with Crippen molar-refractivity contribution in [3.63, 3.8) is 0 Å². The van der Waals surface area contributed by atoms with Gasteiger partial charge in [-0.3, -0.25) is 0 Å². The summed E-state index contributed by atoms with van der Waals surface area (Å²) in [5.41, 5.74) is 7.44. The van der Waals surface area contributed by atoms with Crippen LogP contribution in [0.5, 0.6) is 0 Å². The van der Waals surface area contributed by atoms with Crippen LogP contribution in [0.15, 0.2) is 23.1 Å². The van der Waals surface area contributed by atoms with Crippen LogP contribution in [0.25, 0.3) is 0 Å². The highest BCUT2D eigenvalue weighted by molar-refractivity contribution is 7.89. The number of nitrogen functional groups attached to an aromatic ring is 1. The van der Waals surface area contributed by atoms with Gasteiger partial charge in [0.25, 0.3) is 0 Å². The Morgan fingerprint density at radius 2 is 2.00 bits per heavy atom. The Kier molecular flexibility index (Phi) is 4.55. The minimum absolute atomic E-state index is 0.272. The zero-order chi connectivity index (χ0) is 14.8. The van der Waals surface area contributed by atoms with Gasteiger partial charge in [0.05, 0.1) is 16.3 Å². The molecular formula is C14H23N3O2S. The molecular weight excluding hydrogens is 274 g/mol. The van der Waals surface area contributed by atoms with Crippen LogP contribution in [0.2, 0.25) is 0 Å².